The number of halogens is 1. The minimum absolute atomic E-state index is 0.131. The highest BCUT2D eigenvalue weighted by Crippen LogP contribution is 2.29. The van der Waals surface area contributed by atoms with E-state index >= 15 is 0 Å². The number of carbonyl (C=O) groups is 1. The number of rotatable bonds is 3. The lowest BCUT2D eigenvalue weighted by atomic mass is 10.1. The Balaban J connectivity index is 1.74. The Labute approximate surface area is 151 Å². The quantitative estimate of drug-likeness (QED) is 0.701. The summed E-state index contributed by atoms with van der Waals surface area (Å²) in [7, 11) is 0. The van der Waals surface area contributed by atoms with Crippen LogP contribution in [0, 0.1) is 0 Å². The van der Waals surface area contributed by atoms with Crippen LogP contribution in [0.3, 0.4) is 0 Å². The molecule has 1 amide bonds. The van der Waals surface area contributed by atoms with Gasteiger partial charge in [-0.15, -0.1) is 0 Å². The van der Waals surface area contributed by atoms with Crippen molar-refractivity contribution in [2.75, 3.05) is 5.32 Å². The van der Waals surface area contributed by atoms with Crippen LogP contribution in [-0.2, 0) is 16.9 Å². The molecule has 0 unspecified atom stereocenters. The molecule has 0 aliphatic rings. The number of nitrogens with one attached hydrogen (secondary N) is 1. The Bertz CT molecular complexity index is 898. The van der Waals surface area contributed by atoms with E-state index in [1.54, 1.807) is 12.1 Å². The molecule has 3 aromatic rings. The topological polar surface area (TPSA) is 56.2 Å². The molecule has 6 heteroatoms. The fourth-order valence-corrected chi connectivity index (χ4v) is 2.56. The van der Waals surface area contributed by atoms with E-state index in [2.05, 4.69) is 31.2 Å². The lowest BCUT2D eigenvalue weighted by molar-refractivity contribution is 0.155. The number of amides is 1. The van der Waals surface area contributed by atoms with Gasteiger partial charge in [-0.1, -0.05) is 41.9 Å². The summed E-state index contributed by atoms with van der Waals surface area (Å²) in [6, 6.07) is 13.0. The summed E-state index contributed by atoms with van der Waals surface area (Å²) in [5.41, 5.74) is 2.07. The molecule has 0 fully saturated rings. The maximum absolute atomic E-state index is 12.0. The first kappa shape index (κ1) is 17.3. The zero-order valence-electron chi connectivity index (χ0n) is 14.4. The van der Waals surface area contributed by atoms with Crippen molar-refractivity contribution >= 4 is 34.3 Å². The predicted octanol–water partition coefficient (Wildman–Crippen LogP) is 5.19. The third kappa shape index (κ3) is 4.12. The molecule has 130 valence electrons. The fourth-order valence-electron chi connectivity index (χ4n) is 2.35. The third-order valence-electron chi connectivity index (χ3n) is 3.73. The number of hydrogen-bond acceptors (Lipinski definition) is 3. The van der Waals surface area contributed by atoms with Crippen molar-refractivity contribution < 1.29 is 9.53 Å². The van der Waals surface area contributed by atoms with Gasteiger partial charge in [-0.3, -0.25) is 10.00 Å². The number of ether oxygens (including phenoxy) is 1. The molecule has 0 aliphatic carbocycles. The van der Waals surface area contributed by atoms with Crippen molar-refractivity contribution in [1.29, 1.82) is 0 Å². The highest BCUT2D eigenvalue weighted by atomic mass is 35.5. The summed E-state index contributed by atoms with van der Waals surface area (Å²) in [6.45, 7) is 6.41. The minimum Gasteiger partial charge on any atom is -0.444 e. The molecule has 0 saturated carbocycles. The predicted molar refractivity (Wildman–Crippen MR) is 100.0 cm³/mol. The standard InChI is InChI=1S/C19H20ClN3O2/c1-19(2,3)23-11-14-9-17(15(20)10-16(14)22-23)21-18(24)25-12-13-7-5-4-6-8-13/h4-11H,12H2,1-3H3,(H,21,24). The van der Waals surface area contributed by atoms with Crippen LogP contribution in [0.25, 0.3) is 10.9 Å². The summed E-state index contributed by atoms with van der Waals surface area (Å²) in [5, 5.41) is 8.54. The first-order valence-electron chi connectivity index (χ1n) is 8.00. The van der Waals surface area contributed by atoms with E-state index in [0.717, 1.165) is 16.5 Å². The van der Waals surface area contributed by atoms with E-state index in [4.69, 9.17) is 16.3 Å². The van der Waals surface area contributed by atoms with E-state index in [0.29, 0.717) is 10.7 Å². The largest absolute Gasteiger partial charge is 0.444 e. The van der Waals surface area contributed by atoms with Crippen LogP contribution in [0.5, 0.6) is 0 Å². The lowest BCUT2D eigenvalue weighted by Crippen LogP contribution is -2.21. The molecular weight excluding hydrogens is 338 g/mol. The third-order valence-corrected chi connectivity index (χ3v) is 4.04. The van der Waals surface area contributed by atoms with Gasteiger partial charge in [0.05, 0.1) is 21.8 Å². The van der Waals surface area contributed by atoms with Gasteiger partial charge in [0.15, 0.2) is 0 Å². The van der Waals surface area contributed by atoms with Gasteiger partial charge < -0.3 is 4.74 Å². The van der Waals surface area contributed by atoms with Crippen molar-refractivity contribution in [3.63, 3.8) is 0 Å². The highest BCUT2D eigenvalue weighted by Gasteiger charge is 2.16. The van der Waals surface area contributed by atoms with Crippen LogP contribution in [-0.4, -0.2) is 15.9 Å². The Morgan fingerprint density at radius 1 is 1.24 bits per heavy atom. The van der Waals surface area contributed by atoms with Crippen molar-refractivity contribution in [2.24, 2.45) is 0 Å². The van der Waals surface area contributed by atoms with Gasteiger partial charge >= 0.3 is 6.09 Å². The molecule has 0 spiro atoms. The number of nitrogens with zero attached hydrogens (tertiary/aromatic N) is 2. The highest BCUT2D eigenvalue weighted by molar-refractivity contribution is 6.34. The van der Waals surface area contributed by atoms with Crippen molar-refractivity contribution in [1.82, 2.24) is 9.78 Å². The average Bonchev–Trinajstić information content (AvgIpc) is 2.97. The first-order chi connectivity index (χ1) is 11.8. The molecule has 0 bridgehead atoms. The van der Waals surface area contributed by atoms with Gasteiger partial charge in [0, 0.05) is 11.6 Å². The molecule has 3 rings (SSSR count). The summed E-state index contributed by atoms with van der Waals surface area (Å²) < 4.78 is 7.11. The maximum Gasteiger partial charge on any atom is 0.412 e. The lowest BCUT2D eigenvalue weighted by Gasteiger charge is -2.18. The second-order valence-electron chi connectivity index (χ2n) is 6.82. The van der Waals surface area contributed by atoms with E-state index in [-0.39, 0.29) is 12.1 Å². The number of carbonyl (C=O) groups excluding carboxylic acids is 1. The summed E-state index contributed by atoms with van der Waals surface area (Å²) in [6.07, 6.45) is 1.39. The van der Waals surface area contributed by atoms with E-state index in [1.807, 2.05) is 41.2 Å². The number of anilines is 1. The van der Waals surface area contributed by atoms with Gasteiger partial charge in [0.25, 0.3) is 0 Å². The van der Waals surface area contributed by atoms with Crippen molar-refractivity contribution in [3.8, 4) is 0 Å². The zero-order chi connectivity index (χ0) is 18.0. The van der Waals surface area contributed by atoms with Crippen LogP contribution in [0.15, 0.2) is 48.7 Å². The summed E-state index contributed by atoms with van der Waals surface area (Å²) in [5.74, 6) is 0. The van der Waals surface area contributed by atoms with Gasteiger partial charge in [-0.25, -0.2) is 4.79 Å². The molecule has 5 nitrogen and oxygen atoms in total. The molecule has 0 atom stereocenters. The zero-order valence-corrected chi connectivity index (χ0v) is 15.2. The van der Waals surface area contributed by atoms with Crippen LogP contribution < -0.4 is 5.32 Å². The van der Waals surface area contributed by atoms with E-state index in [9.17, 15) is 4.79 Å². The minimum atomic E-state index is -0.548. The second kappa shape index (κ2) is 6.76. The van der Waals surface area contributed by atoms with Crippen LogP contribution >= 0.6 is 11.6 Å². The molecule has 25 heavy (non-hydrogen) atoms. The van der Waals surface area contributed by atoms with Crippen LogP contribution in [0.2, 0.25) is 5.02 Å². The van der Waals surface area contributed by atoms with Gasteiger partial charge in [-0.05, 0) is 38.5 Å². The Hall–Kier alpha value is -2.53. The second-order valence-corrected chi connectivity index (χ2v) is 7.23. The normalized spacial score (nSPS) is 11.5. The fraction of sp³-hybridized carbons (Fsp3) is 0.263. The number of benzene rings is 2. The first-order valence-corrected chi connectivity index (χ1v) is 8.38. The van der Waals surface area contributed by atoms with Crippen molar-refractivity contribution in [3.05, 3.63) is 59.2 Å². The van der Waals surface area contributed by atoms with Crippen LogP contribution in [0.4, 0.5) is 10.5 Å². The molecule has 0 radical (unpaired) electrons. The molecule has 0 aliphatic heterocycles. The molecule has 1 N–H and O–H groups in total. The van der Waals surface area contributed by atoms with Gasteiger partial charge in [0.2, 0.25) is 0 Å². The van der Waals surface area contributed by atoms with Gasteiger partial charge in [-0.2, -0.15) is 5.10 Å². The molecule has 2 aromatic carbocycles. The van der Waals surface area contributed by atoms with E-state index < -0.39 is 6.09 Å². The van der Waals surface area contributed by atoms with Crippen molar-refractivity contribution in [2.45, 2.75) is 32.9 Å². The van der Waals surface area contributed by atoms with Gasteiger partial charge in [0.1, 0.15) is 6.61 Å². The molecule has 1 heterocycles. The van der Waals surface area contributed by atoms with E-state index in [1.165, 1.54) is 0 Å². The Morgan fingerprint density at radius 3 is 2.64 bits per heavy atom. The molecular formula is C19H20ClN3O2. The number of hydrogen-bond donors (Lipinski definition) is 1. The molecule has 1 aromatic heterocycles. The number of aromatic nitrogens is 2. The maximum atomic E-state index is 12.0. The SMILES string of the molecule is CC(C)(C)n1cc2cc(NC(=O)OCc3ccccc3)c(Cl)cc2n1. The average molecular weight is 358 g/mol. The summed E-state index contributed by atoms with van der Waals surface area (Å²) in [4.78, 5) is 12.0. The monoisotopic (exact) mass is 357 g/mol. The molecule has 0 saturated heterocycles. The summed E-state index contributed by atoms with van der Waals surface area (Å²) >= 11 is 6.27. The Morgan fingerprint density at radius 2 is 1.96 bits per heavy atom. The Kier molecular flexibility index (Phi) is 4.68. The number of fused-ring (bicyclic) bond motifs is 1. The van der Waals surface area contributed by atoms with Crippen LogP contribution in [0.1, 0.15) is 26.3 Å². The smallest absolute Gasteiger partial charge is 0.412 e.